The van der Waals surface area contributed by atoms with Gasteiger partial charge in [0.1, 0.15) is 5.15 Å². The lowest BCUT2D eigenvalue weighted by molar-refractivity contribution is 1.05. The first-order chi connectivity index (χ1) is 10.3. The number of anilines is 1. The molecule has 0 fully saturated rings. The Morgan fingerprint density at radius 3 is 2.48 bits per heavy atom. The van der Waals surface area contributed by atoms with Gasteiger partial charge in [-0.3, -0.25) is 4.98 Å². The molecule has 2 aromatic heterocycles. The van der Waals surface area contributed by atoms with Crippen LogP contribution >= 0.6 is 11.6 Å². The van der Waals surface area contributed by atoms with Gasteiger partial charge in [0, 0.05) is 30.6 Å². The molecule has 0 saturated carbocycles. The number of aromatic nitrogens is 3. The van der Waals surface area contributed by atoms with Gasteiger partial charge in [0.2, 0.25) is 5.95 Å². The summed E-state index contributed by atoms with van der Waals surface area (Å²) >= 11 is 6.08. The monoisotopic (exact) mass is 296 g/mol. The van der Waals surface area contributed by atoms with Crippen LogP contribution in [0.4, 0.5) is 5.95 Å². The Balaban J connectivity index is 1.82. The van der Waals surface area contributed by atoms with Gasteiger partial charge >= 0.3 is 0 Å². The highest BCUT2D eigenvalue weighted by Crippen LogP contribution is 2.21. The minimum atomic E-state index is 0.418. The highest BCUT2D eigenvalue weighted by atomic mass is 35.5. The molecule has 0 bridgehead atoms. The van der Waals surface area contributed by atoms with Gasteiger partial charge in [-0.1, -0.05) is 41.9 Å². The van der Waals surface area contributed by atoms with E-state index in [0.717, 1.165) is 16.8 Å². The molecule has 2 heterocycles. The maximum atomic E-state index is 6.08. The van der Waals surface area contributed by atoms with E-state index in [1.165, 1.54) is 0 Å². The molecule has 3 rings (SSSR count). The lowest BCUT2D eigenvalue weighted by atomic mass is 10.1. The molecule has 0 aliphatic rings. The Hall–Kier alpha value is -2.46. The van der Waals surface area contributed by atoms with Gasteiger partial charge in [-0.25, -0.2) is 9.97 Å². The fourth-order valence-corrected chi connectivity index (χ4v) is 2.12. The molecule has 104 valence electrons. The molecule has 0 atom stereocenters. The zero-order valence-electron chi connectivity index (χ0n) is 11.2. The van der Waals surface area contributed by atoms with Crippen LogP contribution in [0.5, 0.6) is 0 Å². The van der Waals surface area contributed by atoms with Crippen LogP contribution in [-0.2, 0) is 6.54 Å². The number of nitrogens with one attached hydrogen (secondary N) is 1. The highest BCUT2D eigenvalue weighted by Gasteiger charge is 2.05. The van der Waals surface area contributed by atoms with E-state index in [2.05, 4.69) is 20.3 Å². The van der Waals surface area contributed by atoms with Crippen LogP contribution in [0.15, 0.2) is 60.9 Å². The zero-order valence-corrected chi connectivity index (χ0v) is 12.0. The molecule has 0 spiro atoms. The smallest absolute Gasteiger partial charge is 0.224 e. The first kappa shape index (κ1) is 13.5. The van der Waals surface area contributed by atoms with Crippen molar-refractivity contribution in [2.75, 3.05) is 5.32 Å². The normalized spacial score (nSPS) is 10.3. The minimum absolute atomic E-state index is 0.418. The van der Waals surface area contributed by atoms with Crippen molar-refractivity contribution >= 4 is 17.5 Å². The first-order valence-corrected chi connectivity index (χ1v) is 6.92. The predicted octanol–water partition coefficient (Wildman–Crippen LogP) is 3.80. The summed E-state index contributed by atoms with van der Waals surface area (Å²) in [7, 11) is 0. The van der Waals surface area contributed by atoms with Gasteiger partial charge in [-0.15, -0.1) is 0 Å². The Morgan fingerprint density at radius 2 is 1.71 bits per heavy atom. The van der Waals surface area contributed by atoms with Crippen molar-refractivity contribution in [1.29, 1.82) is 0 Å². The summed E-state index contributed by atoms with van der Waals surface area (Å²) in [4.78, 5) is 12.7. The second kappa shape index (κ2) is 6.33. The largest absolute Gasteiger partial charge is 0.350 e. The van der Waals surface area contributed by atoms with Crippen molar-refractivity contribution in [2.24, 2.45) is 0 Å². The number of benzene rings is 1. The lowest BCUT2D eigenvalue weighted by Gasteiger charge is -2.07. The van der Waals surface area contributed by atoms with Gasteiger partial charge in [0.05, 0.1) is 5.69 Å². The maximum absolute atomic E-state index is 6.08. The quantitative estimate of drug-likeness (QED) is 0.744. The summed E-state index contributed by atoms with van der Waals surface area (Å²) in [6.45, 7) is 0.622. The molecular weight excluding hydrogens is 284 g/mol. The molecule has 0 unspecified atom stereocenters. The molecule has 1 aromatic carbocycles. The third-order valence-electron chi connectivity index (χ3n) is 2.96. The fraction of sp³-hybridized carbons (Fsp3) is 0.0625. The van der Waals surface area contributed by atoms with Crippen molar-refractivity contribution in [1.82, 2.24) is 15.0 Å². The molecule has 4 nitrogen and oxygen atoms in total. The molecule has 1 N–H and O–H groups in total. The number of nitrogens with zero attached hydrogens (tertiary/aromatic N) is 3. The van der Waals surface area contributed by atoms with Crippen LogP contribution in [0, 0.1) is 0 Å². The van der Waals surface area contributed by atoms with Crippen LogP contribution in [-0.4, -0.2) is 15.0 Å². The summed E-state index contributed by atoms with van der Waals surface area (Å²) in [5.74, 6) is 0.512. The topological polar surface area (TPSA) is 50.7 Å². The molecule has 3 aromatic rings. The number of hydrogen-bond acceptors (Lipinski definition) is 4. The van der Waals surface area contributed by atoms with E-state index in [1.54, 1.807) is 18.5 Å². The van der Waals surface area contributed by atoms with Crippen molar-refractivity contribution in [2.45, 2.75) is 6.54 Å². The molecule has 0 radical (unpaired) electrons. The van der Waals surface area contributed by atoms with E-state index in [0.29, 0.717) is 17.6 Å². The summed E-state index contributed by atoms with van der Waals surface area (Å²) in [5, 5.41) is 3.60. The summed E-state index contributed by atoms with van der Waals surface area (Å²) in [6, 6.07) is 15.5. The van der Waals surface area contributed by atoms with Crippen LogP contribution in [0.25, 0.3) is 11.3 Å². The number of pyridine rings is 1. The fourth-order valence-electron chi connectivity index (χ4n) is 1.94. The summed E-state index contributed by atoms with van der Waals surface area (Å²) in [6.07, 6.45) is 3.51. The summed E-state index contributed by atoms with van der Waals surface area (Å²) in [5.41, 5.74) is 2.91. The van der Waals surface area contributed by atoms with Gasteiger partial charge in [0.15, 0.2) is 0 Å². The molecule has 5 heteroatoms. The second-order valence-corrected chi connectivity index (χ2v) is 4.86. The average molecular weight is 297 g/mol. The van der Waals surface area contributed by atoms with E-state index in [9.17, 15) is 0 Å². The average Bonchev–Trinajstić information content (AvgIpc) is 2.54. The Labute approximate surface area is 127 Å². The Morgan fingerprint density at radius 1 is 0.952 bits per heavy atom. The van der Waals surface area contributed by atoms with E-state index < -0.39 is 0 Å². The lowest BCUT2D eigenvalue weighted by Crippen LogP contribution is -2.04. The second-order valence-electron chi connectivity index (χ2n) is 4.47. The number of rotatable bonds is 4. The standard InChI is InChI=1S/C16H13ClN4/c17-15-10-14(13-4-2-1-3-5-13)20-16(21-15)19-11-12-6-8-18-9-7-12/h1-10H,11H2,(H,19,20,21). The molecule has 0 saturated heterocycles. The van der Waals surface area contributed by atoms with Gasteiger partial charge in [0.25, 0.3) is 0 Å². The van der Waals surface area contributed by atoms with Crippen LogP contribution in [0.2, 0.25) is 5.15 Å². The third kappa shape index (κ3) is 3.55. The van der Waals surface area contributed by atoms with Crippen LogP contribution in [0.1, 0.15) is 5.56 Å². The van der Waals surface area contributed by atoms with Crippen molar-refractivity contribution in [3.8, 4) is 11.3 Å². The van der Waals surface area contributed by atoms with E-state index in [-0.39, 0.29) is 0 Å². The van der Waals surface area contributed by atoms with Gasteiger partial charge < -0.3 is 5.32 Å². The third-order valence-corrected chi connectivity index (χ3v) is 3.16. The zero-order chi connectivity index (χ0) is 14.5. The highest BCUT2D eigenvalue weighted by molar-refractivity contribution is 6.29. The number of hydrogen-bond donors (Lipinski definition) is 1. The van der Waals surface area contributed by atoms with Gasteiger partial charge in [-0.2, -0.15) is 0 Å². The van der Waals surface area contributed by atoms with E-state index >= 15 is 0 Å². The SMILES string of the molecule is Clc1cc(-c2ccccc2)nc(NCc2ccncc2)n1. The maximum Gasteiger partial charge on any atom is 0.224 e. The molecule has 0 amide bonds. The van der Waals surface area contributed by atoms with Crippen molar-refractivity contribution in [3.05, 3.63) is 71.6 Å². The van der Waals surface area contributed by atoms with Crippen LogP contribution < -0.4 is 5.32 Å². The minimum Gasteiger partial charge on any atom is -0.350 e. The Kier molecular flexibility index (Phi) is 4.07. The van der Waals surface area contributed by atoms with Crippen molar-refractivity contribution < 1.29 is 0 Å². The Bertz CT molecular complexity index is 717. The number of halogens is 1. The van der Waals surface area contributed by atoms with Crippen molar-refractivity contribution in [3.63, 3.8) is 0 Å². The van der Waals surface area contributed by atoms with Crippen LogP contribution in [0.3, 0.4) is 0 Å². The summed E-state index contributed by atoms with van der Waals surface area (Å²) < 4.78 is 0. The molecule has 0 aliphatic carbocycles. The molecular formula is C16H13ClN4. The molecule has 0 aliphatic heterocycles. The van der Waals surface area contributed by atoms with E-state index in [4.69, 9.17) is 11.6 Å². The molecule has 21 heavy (non-hydrogen) atoms. The predicted molar refractivity (Wildman–Crippen MR) is 84.0 cm³/mol. The van der Waals surface area contributed by atoms with E-state index in [1.807, 2.05) is 42.5 Å². The van der Waals surface area contributed by atoms with Gasteiger partial charge in [-0.05, 0) is 17.7 Å². The first-order valence-electron chi connectivity index (χ1n) is 6.54.